The largest absolute Gasteiger partial charge is 0.340 e. The van der Waals surface area contributed by atoms with Crippen LogP contribution < -0.4 is 0 Å². The van der Waals surface area contributed by atoms with Crippen LogP contribution in [0.15, 0.2) is 109 Å². The summed E-state index contributed by atoms with van der Waals surface area (Å²) in [5, 5.41) is 0. The summed E-state index contributed by atoms with van der Waals surface area (Å²) in [7, 11) is 0. The van der Waals surface area contributed by atoms with E-state index < -0.39 is 0 Å². The minimum absolute atomic E-state index is 0.0676. The molecule has 60 heavy (non-hydrogen) atoms. The van der Waals surface area contributed by atoms with Crippen LogP contribution in [0.3, 0.4) is 0 Å². The van der Waals surface area contributed by atoms with Crippen molar-refractivity contribution in [2.45, 2.75) is 88.4 Å². The lowest BCUT2D eigenvalue weighted by atomic mass is 10.00. The van der Waals surface area contributed by atoms with Gasteiger partial charge in [0, 0.05) is 13.1 Å². The number of nitrogens with one attached hydrogen (secondary N) is 2. The Bertz CT molecular complexity index is 2400. The van der Waals surface area contributed by atoms with Gasteiger partial charge >= 0.3 is 0 Å². The molecule has 10 rings (SSSR count). The van der Waals surface area contributed by atoms with Crippen LogP contribution in [0.2, 0.25) is 0 Å². The first-order valence-corrected chi connectivity index (χ1v) is 22.4. The lowest BCUT2D eigenvalue weighted by molar-refractivity contribution is -0.139. The number of amides is 2. The number of piperidine rings is 2. The normalized spacial score (nSPS) is 21.4. The van der Waals surface area contributed by atoms with Crippen molar-refractivity contribution in [2.24, 2.45) is 0 Å². The molecule has 6 aromatic rings. The van der Waals surface area contributed by atoms with Crippen LogP contribution in [0.1, 0.15) is 111 Å². The van der Waals surface area contributed by atoms with Crippen LogP contribution in [0.4, 0.5) is 0 Å². The highest BCUT2D eigenvalue weighted by atomic mass is 16.2. The number of aromatic amines is 2. The number of nitrogens with zero attached hydrogens (tertiary/aromatic N) is 6. The molecule has 6 heterocycles. The van der Waals surface area contributed by atoms with E-state index in [2.05, 4.69) is 96.3 Å². The predicted molar refractivity (Wildman–Crippen MR) is 236 cm³/mol. The highest BCUT2D eigenvalue weighted by molar-refractivity contribution is 5.86. The molecule has 2 N–H and O–H groups in total. The number of fused-ring (bicyclic) bond motifs is 1. The molecular formula is C50H56N8O2. The van der Waals surface area contributed by atoms with Gasteiger partial charge < -0.3 is 19.8 Å². The molecule has 0 saturated carbocycles. The molecule has 4 aliphatic rings. The topological polar surface area (TPSA) is 104 Å². The number of benzene rings is 4. The summed E-state index contributed by atoms with van der Waals surface area (Å²) in [6.07, 6.45) is 12.7. The van der Waals surface area contributed by atoms with Gasteiger partial charge in [-0.05, 0) is 117 Å². The number of H-pyrrole nitrogens is 2. The second-order valence-corrected chi connectivity index (χ2v) is 17.3. The van der Waals surface area contributed by atoms with Gasteiger partial charge in [-0.1, -0.05) is 104 Å². The average Bonchev–Trinajstić information content (AvgIpc) is 4.15. The van der Waals surface area contributed by atoms with Gasteiger partial charge in [-0.25, -0.2) is 9.97 Å². The van der Waals surface area contributed by atoms with E-state index in [1.54, 1.807) is 0 Å². The van der Waals surface area contributed by atoms with E-state index in [1.807, 2.05) is 42.6 Å². The Morgan fingerprint density at radius 2 is 1.05 bits per heavy atom. The summed E-state index contributed by atoms with van der Waals surface area (Å²) < 4.78 is 0. The number of hydrogen-bond donors (Lipinski definition) is 2. The average molecular weight is 801 g/mol. The van der Waals surface area contributed by atoms with Gasteiger partial charge in [-0.2, -0.15) is 0 Å². The lowest BCUT2D eigenvalue weighted by Gasteiger charge is -2.37. The molecule has 308 valence electrons. The monoisotopic (exact) mass is 800 g/mol. The first kappa shape index (κ1) is 38.6. The number of rotatable bonds is 10. The lowest BCUT2D eigenvalue weighted by Crippen LogP contribution is -2.44. The summed E-state index contributed by atoms with van der Waals surface area (Å²) in [4.78, 5) is 55.0. The second kappa shape index (κ2) is 17.2. The van der Waals surface area contributed by atoms with E-state index in [9.17, 15) is 9.59 Å². The zero-order valence-corrected chi connectivity index (χ0v) is 34.5. The third kappa shape index (κ3) is 7.67. The molecule has 4 saturated heterocycles. The van der Waals surface area contributed by atoms with Crippen LogP contribution in [0.5, 0.6) is 0 Å². The van der Waals surface area contributed by atoms with Gasteiger partial charge in [0.15, 0.2) is 0 Å². The molecule has 0 radical (unpaired) electrons. The Kier molecular flexibility index (Phi) is 11.1. The van der Waals surface area contributed by atoms with E-state index >= 15 is 0 Å². The van der Waals surface area contributed by atoms with Gasteiger partial charge in [0.2, 0.25) is 11.8 Å². The van der Waals surface area contributed by atoms with Crippen molar-refractivity contribution in [2.75, 3.05) is 39.3 Å². The SMILES string of the molecule is O=C([C@@H](c1ccccc1)N1CCCCC1)N1CCC[C@H]1c1ncc(-c2ccc(-c3ccc4nc([C@@H]5CCCN5C(=O)[C@@H](c5ccccc5)N5CCCCC5)[nH]c4c3)cc2)[nH]1. The number of carbonyl (C=O) groups is 2. The zero-order valence-electron chi connectivity index (χ0n) is 34.5. The Labute approximate surface area is 353 Å². The van der Waals surface area contributed by atoms with Crippen molar-refractivity contribution in [1.82, 2.24) is 39.5 Å². The van der Waals surface area contributed by atoms with E-state index in [-0.39, 0.29) is 36.0 Å². The third-order valence-electron chi connectivity index (χ3n) is 13.5. The Morgan fingerprint density at radius 3 is 1.62 bits per heavy atom. The van der Waals surface area contributed by atoms with Crippen molar-refractivity contribution in [3.63, 3.8) is 0 Å². The van der Waals surface area contributed by atoms with E-state index in [1.165, 1.54) is 12.8 Å². The molecule has 0 unspecified atom stereocenters. The van der Waals surface area contributed by atoms with E-state index in [4.69, 9.17) is 9.97 Å². The van der Waals surface area contributed by atoms with Crippen molar-refractivity contribution >= 4 is 22.8 Å². The molecule has 4 fully saturated rings. The highest BCUT2D eigenvalue weighted by Crippen LogP contribution is 2.39. The minimum atomic E-state index is -0.261. The fourth-order valence-electron chi connectivity index (χ4n) is 10.4. The first-order chi connectivity index (χ1) is 29.6. The summed E-state index contributed by atoms with van der Waals surface area (Å²) in [5.74, 6) is 2.10. The molecular weight excluding hydrogens is 745 g/mol. The van der Waals surface area contributed by atoms with Gasteiger partial charge in [0.25, 0.3) is 0 Å². The summed E-state index contributed by atoms with van der Waals surface area (Å²) >= 11 is 0. The van der Waals surface area contributed by atoms with Crippen molar-refractivity contribution < 1.29 is 9.59 Å². The molecule has 10 heteroatoms. The number of imidazole rings is 2. The zero-order chi connectivity index (χ0) is 40.4. The van der Waals surface area contributed by atoms with Crippen LogP contribution in [-0.2, 0) is 9.59 Å². The Balaban J connectivity index is 0.844. The maximum absolute atomic E-state index is 14.5. The molecule has 0 spiro atoms. The molecule has 4 aromatic carbocycles. The molecule has 2 amide bonds. The molecule has 0 aliphatic carbocycles. The van der Waals surface area contributed by atoms with Crippen LogP contribution in [0, 0.1) is 0 Å². The quantitative estimate of drug-likeness (QED) is 0.143. The minimum Gasteiger partial charge on any atom is -0.340 e. The summed E-state index contributed by atoms with van der Waals surface area (Å²) in [6, 6.07) is 35.0. The van der Waals surface area contributed by atoms with Gasteiger partial charge in [0.05, 0.1) is 35.0 Å². The molecule has 4 aliphatic heterocycles. The molecule has 4 atom stereocenters. The smallest absolute Gasteiger partial charge is 0.245 e. The number of hydrogen-bond acceptors (Lipinski definition) is 6. The fraction of sp³-hybridized carbons (Fsp3) is 0.400. The maximum Gasteiger partial charge on any atom is 0.245 e. The van der Waals surface area contributed by atoms with Crippen molar-refractivity contribution in [3.05, 3.63) is 132 Å². The Hall–Kier alpha value is -5.58. The predicted octanol–water partition coefficient (Wildman–Crippen LogP) is 9.40. The van der Waals surface area contributed by atoms with Crippen LogP contribution in [0.25, 0.3) is 33.4 Å². The number of likely N-dealkylation sites (tertiary alicyclic amines) is 4. The van der Waals surface area contributed by atoms with Crippen LogP contribution >= 0.6 is 0 Å². The van der Waals surface area contributed by atoms with Gasteiger partial charge in [-0.15, -0.1) is 0 Å². The third-order valence-corrected chi connectivity index (χ3v) is 13.5. The number of carbonyl (C=O) groups excluding carboxylic acids is 2. The highest BCUT2D eigenvalue weighted by Gasteiger charge is 2.40. The standard InChI is InChI=1S/C50H56N8O2/c59-49(45(37-15-5-1-6-16-37)55-27-9-3-10-28-55)57-31-13-19-43(57)47-51-34-42(54-47)36-23-21-35(22-24-36)39-25-26-40-41(33-39)53-48(52-40)44-20-14-32-58(44)50(60)46(38-17-7-2-8-18-38)56-29-11-4-12-30-56/h1-2,5-8,15-18,21-26,33-34,43-46H,3-4,9-14,19-20,27-32H2,(H,51,54)(H,52,53)/t43-,44-,45+,46+/m0/s1. The first-order valence-electron chi connectivity index (χ1n) is 22.4. The van der Waals surface area contributed by atoms with Gasteiger partial charge in [-0.3, -0.25) is 19.4 Å². The van der Waals surface area contributed by atoms with Gasteiger partial charge in [0.1, 0.15) is 23.7 Å². The van der Waals surface area contributed by atoms with Crippen LogP contribution in [-0.4, -0.2) is 90.6 Å². The summed E-state index contributed by atoms with van der Waals surface area (Å²) in [5.41, 5.74) is 8.26. The van der Waals surface area contributed by atoms with E-state index in [0.717, 1.165) is 147 Å². The Morgan fingerprint density at radius 1 is 0.533 bits per heavy atom. The fourth-order valence-corrected chi connectivity index (χ4v) is 10.4. The molecule has 0 bridgehead atoms. The second-order valence-electron chi connectivity index (χ2n) is 17.3. The maximum atomic E-state index is 14.5. The van der Waals surface area contributed by atoms with Crippen molar-refractivity contribution in [3.8, 4) is 22.4 Å². The van der Waals surface area contributed by atoms with E-state index in [0.29, 0.717) is 0 Å². The number of aromatic nitrogens is 4. The molecule has 2 aromatic heterocycles. The summed E-state index contributed by atoms with van der Waals surface area (Å²) in [6.45, 7) is 5.32. The van der Waals surface area contributed by atoms with Crippen molar-refractivity contribution in [1.29, 1.82) is 0 Å². The molecule has 10 nitrogen and oxygen atoms in total.